The van der Waals surface area contributed by atoms with Crippen LogP contribution in [0.2, 0.25) is 0 Å². The van der Waals surface area contributed by atoms with Crippen molar-refractivity contribution in [1.29, 1.82) is 0 Å². The monoisotopic (exact) mass is 541 g/mol. The van der Waals surface area contributed by atoms with Gasteiger partial charge >= 0.3 is 0 Å². The van der Waals surface area contributed by atoms with Crippen molar-refractivity contribution < 1.29 is 4.79 Å². The molecule has 0 bridgehead atoms. The molecule has 0 spiro atoms. The van der Waals surface area contributed by atoms with Gasteiger partial charge in [-0.25, -0.2) is 0 Å². The van der Waals surface area contributed by atoms with Crippen LogP contribution in [0.1, 0.15) is 39.7 Å². The van der Waals surface area contributed by atoms with Gasteiger partial charge in [-0.15, -0.1) is 35.3 Å². The van der Waals surface area contributed by atoms with Crippen LogP contribution >= 0.6 is 35.3 Å². The van der Waals surface area contributed by atoms with Crippen molar-refractivity contribution in [3.8, 4) is 0 Å². The molecule has 1 unspecified atom stereocenters. The fourth-order valence-electron chi connectivity index (χ4n) is 3.57. The number of aliphatic imine (C=N–C) groups is 1. The van der Waals surface area contributed by atoms with Crippen molar-refractivity contribution >= 4 is 47.2 Å². The number of benzene rings is 1. The number of hydrogen-bond acceptors (Lipinski definition) is 4. The average Bonchev–Trinajstić information content (AvgIpc) is 3.45. The fourth-order valence-corrected chi connectivity index (χ4v) is 4.43. The third-order valence-electron chi connectivity index (χ3n) is 5.21. The normalized spacial score (nSPS) is 15.4. The van der Waals surface area contributed by atoms with Crippen LogP contribution in [0.25, 0.3) is 0 Å². The van der Waals surface area contributed by atoms with Crippen LogP contribution in [0.5, 0.6) is 0 Å². The Hall–Kier alpha value is -1.65. The summed E-state index contributed by atoms with van der Waals surface area (Å²) in [5.41, 5.74) is 1.81. The van der Waals surface area contributed by atoms with Gasteiger partial charge < -0.3 is 15.5 Å². The molecule has 1 aromatic heterocycles. The number of rotatable bonds is 7. The van der Waals surface area contributed by atoms with E-state index in [0.717, 1.165) is 31.2 Å². The van der Waals surface area contributed by atoms with Crippen LogP contribution in [0.15, 0.2) is 46.8 Å². The molecule has 2 aromatic rings. The van der Waals surface area contributed by atoms with Crippen molar-refractivity contribution in [2.75, 3.05) is 40.8 Å². The summed E-state index contributed by atoms with van der Waals surface area (Å²) in [5, 5.41) is 9.02. The summed E-state index contributed by atoms with van der Waals surface area (Å²) in [6, 6.07) is 12.4. The van der Waals surface area contributed by atoms with E-state index in [2.05, 4.69) is 38.0 Å². The highest BCUT2D eigenvalue weighted by Gasteiger charge is 2.24. The second-order valence-electron chi connectivity index (χ2n) is 7.48. The molecule has 1 aromatic carbocycles. The number of guanidine groups is 1. The zero-order valence-electron chi connectivity index (χ0n) is 17.9. The van der Waals surface area contributed by atoms with E-state index in [-0.39, 0.29) is 29.9 Å². The Kier molecular flexibility index (Phi) is 10.1. The molecule has 1 atom stereocenters. The Morgan fingerprint density at radius 2 is 1.87 bits per heavy atom. The number of amides is 1. The number of hydrogen-bond donors (Lipinski definition) is 2. The Bertz CT molecular complexity index is 801. The van der Waals surface area contributed by atoms with Crippen LogP contribution < -0.4 is 10.6 Å². The van der Waals surface area contributed by atoms with Gasteiger partial charge in [-0.3, -0.25) is 14.7 Å². The second-order valence-corrected chi connectivity index (χ2v) is 8.46. The minimum Gasteiger partial charge on any atom is -0.354 e. The lowest BCUT2D eigenvalue weighted by molar-refractivity contribution is 0.0827. The number of nitrogens with one attached hydrogen (secondary N) is 2. The predicted octanol–water partition coefficient (Wildman–Crippen LogP) is 3.57. The lowest BCUT2D eigenvalue weighted by Crippen LogP contribution is -2.42. The third kappa shape index (κ3) is 6.68. The molecule has 0 radical (unpaired) electrons. The molecule has 2 N–H and O–H groups in total. The molecule has 1 aliphatic heterocycles. The van der Waals surface area contributed by atoms with Gasteiger partial charge in [0, 0.05) is 44.7 Å². The fraction of sp³-hybridized carbons (Fsp3) is 0.455. The Morgan fingerprint density at radius 3 is 2.43 bits per heavy atom. The summed E-state index contributed by atoms with van der Waals surface area (Å²) in [4.78, 5) is 21.9. The maximum atomic E-state index is 12.0. The van der Waals surface area contributed by atoms with E-state index in [1.54, 1.807) is 26.0 Å². The van der Waals surface area contributed by atoms with Gasteiger partial charge in [0.1, 0.15) is 0 Å². The number of nitrogens with zero attached hydrogens (tertiary/aromatic N) is 3. The van der Waals surface area contributed by atoms with E-state index < -0.39 is 0 Å². The van der Waals surface area contributed by atoms with Gasteiger partial charge in [0.15, 0.2) is 5.96 Å². The van der Waals surface area contributed by atoms with Gasteiger partial charge in [-0.2, -0.15) is 0 Å². The second kappa shape index (κ2) is 12.3. The largest absolute Gasteiger partial charge is 0.354 e. The topological polar surface area (TPSA) is 60.0 Å². The number of thiophene rings is 1. The summed E-state index contributed by atoms with van der Waals surface area (Å²) >= 11 is 1.82. The Labute approximate surface area is 200 Å². The maximum absolute atomic E-state index is 12.0. The zero-order valence-corrected chi connectivity index (χ0v) is 21.1. The third-order valence-corrected chi connectivity index (χ3v) is 6.18. The molecular formula is C22H32IN5OS. The number of carbonyl (C=O) groups is 1. The Balaban J connectivity index is 0.00000320. The van der Waals surface area contributed by atoms with E-state index in [1.165, 1.54) is 17.7 Å². The van der Waals surface area contributed by atoms with Crippen molar-refractivity contribution in [3.63, 3.8) is 0 Å². The lowest BCUT2D eigenvalue weighted by atomic mass is 10.1. The van der Waals surface area contributed by atoms with E-state index in [9.17, 15) is 4.79 Å². The predicted molar refractivity (Wildman–Crippen MR) is 136 cm³/mol. The molecule has 0 aliphatic carbocycles. The molecule has 0 saturated carbocycles. The highest BCUT2D eigenvalue weighted by molar-refractivity contribution is 14.0. The van der Waals surface area contributed by atoms with E-state index >= 15 is 0 Å². The first-order valence-electron chi connectivity index (χ1n) is 10.1. The molecule has 6 nitrogen and oxygen atoms in total. The first-order valence-corrected chi connectivity index (χ1v) is 11.0. The molecule has 3 rings (SSSR count). The first kappa shape index (κ1) is 24.6. The molecule has 1 saturated heterocycles. The zero-order chi connectivity index (χ0) is 20.6. The molecule has 2 heterocycles. The average molecular weight is 542 g/mol. The number of likely N-dealkylation sites (tertiary alicyclic amines) is 1. The standard InChI is InChI=1S/C22H31N5OS.HI/c1-23-22(24-15-17-8-10-18(11-9-17)21(28)26(2)3)25-16-19(20-7-6-14-29-20)27-12-4-5-13-27;/h6-11,14,19H,4-5,12-13,15-16H2,1-3H3,(H2,23,24,25);1H. The van der Waals surface area contributed by atoms with Gasteiger partial charge in [-0.1, -0.05) is 18.2 Å². The van der Waals surface area contributed by atoms with Crippen LogP contribution in [-0.2, 0) is 6.54 Å². The SMILES string of the molecule is CN=C(NCc1ccc(C(=O)N(C)C)cc1)NCC(c1cccs1)N1CCCC1.I. The first-order chi connectivity index (χ1) is 14.1. The molecule has 1 fully saturated rings. The quantitative estimate of drug-likeness (QED) is 0.320. The van der Waals surface area contributed by atoms with Crippen molar-refractivity contribution in [2.45, 2.75) is 25.4 Å². The van der Waals surface area contributed by atoms with Gasteiger partial charge in [0.2, 0.25) is 0 Å². The smallest absolute Gasteiger partial charge is 0.253 e. The summed E-state index contributed by atoms with van der Waals surface area (Å²) < 4.78 is 0. The Morgan fingerprint density at radius 1 is 1.17 bits per heavy atom. The van der Waals surface area contributed by atoms with Crippen molar-refractivity contribution in [3.05, 3.63) is 57.8 Å². The summed E-state index contributed by atoms with van der Waals surface area (Å²) in [6.45, 7) is 3.81. The lowest BCUT2D eigenvalue weighted by Gasteiger charge is -2.27. The highest BCUT2D eigenvalue weighted by atomic mass is 127. The van der Waals surface area contributed by atoms with E-state index in [4.69, 9.17) is 0 Å². The molecule has 30 heavy (non-hydrogen) atoms. The van der Waals surface area contributed by atoms with Gasteiger partial charge in [0.05, 0.1) is 6.04 Å². The molecule has 164 valence electrons. The number of carbonyl (C=O) groups excluding carboxylic acids is 1. The van der Waals surface area contributed by atoms with Crippen LogP contribution in [0.3, 0.4) is 0 Å². The molecule has 1 amide bonds. The molecule has 1 aliphatic rings. The summed E-state index contributed by atoms with van der Waals surface area (Å²) in [6.07, 6.45) is 2.56. The summed E-state index contributed by atoms with van der Waals surface area (Å²) in [7, 11) is 5.32. The van der Waals surface area contributed by atoms with E-state index in [0.29, 0.717) is 18.2 Å². The highest BCUT2D eigenvalue weighted by Crippen LogP contribution is 2.27. The van der Waals surface area contributed by atoms with Gasteiger partial charge in [0.25, 0.3) is 5.91 Å². The van der Waals surface area contributed by atoms with Gasteiger partial charge in [-0.05, 0) is 55.1 Å². The number of halogens is 1. The summed E-state index contributed by atoms with van der Waals surface area (Å²) in [5.74, 6) is 0.808. The van der Waals surface area contributed by atoms with E-state index in [1.807, 2.05) is 35.6 Å². The van der Waals surface area contributed by atoms with Crippen molar-refractivity contribution in [1.82, 2.24) is 20.4 Å². The van der Waals surface area contributed by atoms with Crippen LogP contribution in [0, 0.1) is 0 Å². The molecular weight excluding hydrogens is 509 g/mol. The minimum absolute atomic E-state index is 0. The van der Waals surface area contributed by atoms with Crippen molar-refractivity contribution in [2.24, 2.45) is 4.99 Å². The minimum atomic E-state index is 0. The molecule has 8 heteroatoms. The maximum Gasteiger partial charge on any atom is 0.253 e. The van der Waals surface area contributed by atoms with Crippen LogP contribution in [-0.4, -0.2) is 62.4 Å². The van der Waals surface area contributed by atoms with Crippen LogP contribution in [0.4, 0.5) is 0 Å².